The summed E-state index contributed by atoms with van der Waals surface area (Å²) in [5, 5.41) is 10.9. The van der Waals surface area contributed by atoms with Crippen LogP contribution >= 0.6 is 0 Å². The van der Waals surface area contributed by atoms with Crippen LogP contribution in [0.3, 0.4) is 0 Å². The van der Waals surface area contributed by atoms with Crippen LogP contribution in [0.5, 0.6) is 5.75 Å². The van der Waals surface area contributed by atoms with Crippen LogP contribution in [0, 0.1) is 5.82 Å². The van der Waals surface area contributed by atoms with Crippen molar-refractivity contribution in [2.75, 3.05) is 55.6 Å². The summed E-state index contributed by atoms with van der Waals surface area (Å²) in [6.07, 6.45) is 3.67. The molecule has 0 atom stereocenters. The molecule has 0 aliphatic carbocycles. The highest BCUT2D eigenvalue weighted by Crippen LogP contribution is 2.33. The first-order valence-corrected chi connectivity index (χ1v) is 13.8. The van der Waals surface area contributed by atoms with Gasteiger partial charge in [0.05, 0.1) is 24.6 Å². The van der Waals surface area contributed by atoms with Gasteiger partial charge in [0.25, 0.3) is 0 Å². The van der Waals surface area contributed by atoms with E-state index in [1.165, 1.54) is 32.2 Å². The number of benzene rings is 1. The molecule has 3 aromatic heterocycles. The average Bonchev–Trinajstić information content (AvgIpc) is 3.50. The van der Waals surface area contributed by atoms with Gasteiger partial charge in [-0.15, -0.1) is 0 Å². The molecule has 40 heavy (non-hydrogen) atoms. The van der Waals surface area contributed by atoms with Gasteiger partial charge in [-0.1, -0.05) is 12.1 Å². The quantitative estimate of drug-likeness (QED) is 0.268. The molecule has 0 saturated carbocycles. The number of aromatic nitrogens is 4. The number of imidazole rings is 1. The second-order valence-electron chi connectivity index (χ2n) is 9.51. The first-order chi connectivity index (χ1) is 18.7. The molecule has 15 heteroatoms. The molecule has 2 aliphatic heterocycles. The van der Waals surface area contributed by atoms with Crippen LogP contribution in [-0.4, -0.2) is 78.6 Å². The lowest BCUT2D eigenvalue weighted by molar-refractivity contribution is -0.362. The summed E-state index contributed by atoms with van der Waals surface area (Å²) in [5.74, 6) is -0.652. The number of fused-ring (bicyclic) bond motifs is 1. The summed E-state index contributed by atoms with van der Waals surface area (Å²) in [5.41, 5.74) is 1.73. The maximum Gasteiger partial charge on any atom is 0.307 e. The Morgan fingerprint density at radius 3 is 2.55 bits per heavy atom. The van der Waals surface area contributed by atoms with Crippen molar-refractivity contribution in [1.82, 2.24) is 18.7 Å². The number of aromatic amines is 2. The number of likely N-dealkylation sites (N-methyl/N-ethyl adjacent to an activating group) is 1. The lowest BCUT2D eigenvalue weighted by atomic mass is 10.1. The summed E-state index contributed by atoms with van der Waals surface area (Å²) in [6, 6.07) is 7.79. The van der Waals surface area contributed by atoms with Gasteiger partial charge in [-0.05, 0) is 23.8 Å². The van der Waals surface area contributed by atoms with E-state index in [0.29, 0.717) is 44.1 Å². The summed E-state index contributed by atoms with van der Waals surface area (Å²) < 4.78 is 48.7. The van der Waals surface area contributed by atoms with E-state index in [4.69, 9.17) is 4.74 Å². The highest BCUT2D eigenvalue weighted by atomic mass is 35.5. The molecule has 0 unspecified atom stereocenters. The van der Waals surface area contributed by atoms with E-state index >= 15 is 0 Å². The van der Waals surface area contributed by atoms with Crippen LogP contribution in [0.25, 0.3) is 17.2 Å². The Bertz CT molecular complexity index is 1720. The summed E-state index contributed by atoms with van der Waals surface area (Å²) in [7, 11) is -2.33. The Morgan fingerprint density at radius 2 is 1.88 bits per heavy atom. The van der Waals surface area contributed by atoms with Crippen molar-refractivity contribution in [3.8, 4) is 17.3 Å². The number of pyridine rings is 1. The number of halogens is 2. The number of nitrogens with zero attached hydrogens (tertiary/aromatic N) is 5. The molecule has 5 heterocycles. The molecule has 2 fully saturated rings. The SMILES string of the molecule is CN1CCN(c2cc(N3CCOCC3)cn3c(=O)c(O)c(-c4[nH]c(Cc5ccc(F)cc5)c[nH+]4)nc23)S1(=O)=O.[Cl-]. The summed E-state index contributed by atoms with van der Waals surface area (Å²) >= 11 is 0. The van der Waals surface area contributed by atoms with E-state index in [1.54, 1.807) is 30.6 Å². The minimum atomic E-state index is -3.83. The van der Waals surface area contributed by atoms with Crippen molar-refractivity contribution in [2.45, 2.75) is 6.42 Å². The van der Waals surface area contributed by atoms with Gasteiger partial charge in [-0.2, -0.15) is 12.7 Å². The maximum absolute atomic E-state index is 13.5. The third-order valence-corrected chi connectivity index (χ3v) is 8.93. The largest absolute Gasteiger partial charge is 1.00 e. The Balaban J connectivity index is 0.00000323. The minimum absolute atomic E-state index is 0. The molecular weight excluding hydrogens is 565 g/mol. The fourth-order valence-electron chi connectivity index (χ4n) is 4.86. The molecule has 6 rings (SSSR count). The fraction of sp³-hybridized carbons (Fsp3) is 0.320. The summed E-state index contributed by atoms with van der Waals surface area (Å²) in [4.78, 5) is 26.2. The minimum Gasteiger partial charge on any atom is -1.00 e. The Labute approximate surface area is 235 Å². The van der Waals surface area contributed by atoms with Gasteiger partial charge in [-0.25, -0.2) is 19.3 Å². The van der Waals surface area contributed by atoms with E-state index in [9.17, 15) is 22.7 Å². The molecule has 4 aromatic rings. The van der Waals surface area contributed by atoms with Crippen molar-refractivity contribution in [3.05, 3.63) is 70.2 Å². The van der Waals surface area contributed by atoms with Crippen molar-refractivity contribution in [1.29, 1.82) is 0 Å². The smallest absolute Gasteiger partial charge is 0.307 e. The number of rotatable bonds is 5. The van der Waals surface area contributed by atoms with E-state index in [1.807, 2.05) is 4.90 Å². The van der Waals surface area contributed by atoms with Gasteiger partial charge >= 0.3 is 21.6 Å². The van der Waals surface area contributed by atoms with E-state index in [0.717, 1.165) is 5.56 Å². The fourth-order valence-corrected chi connectivity index (χ4v) is 6.21. The van der Waals surface area contributed by atoms with Crippen LogP contribution in [0.15, 0.2) is 47.5 Å². The van der Waals surface area contributed by atoms with Gasteiger partial charge in [0.2, 0.25) is 11.4 Å². The Hall–Kier alpha value is -3.72. The highest BCUT2D eigenvalue weighted by molar-refractivity contribution is 7.90. The molecular formula is C25H27ClFN7O5S. The van der Waals surface area contributed by atoms with Gasteiger partial charge in [0.15, 0.2) is 5.65 Å². The molecule has 12 nitrogen and oxygen atoms in total. The number of nitrogens with one attached hydrogen (secondary N) is 2. The molecule has 0 bridgehead atoms. The zero-order valence-electron chi connectivity index (χ0n) is 21.5. The number of morpholine rings is 1. The Kier molecular flexibility index (Phi) is 7.44. The van der Waals surface area contributed by atoms with Gasteiger partial charge in [-0.3, -0.25) is 13.5 Å². The first kappa shape index (κ1) is 27.8. The molecule has 2 aliphatic rings. The maximum atomic E-state index is 13.5. The van der Waals surface area contributed by atoms with Crippen molar-refractivity contribution in [3.63, 3.8) is 0 Å². The van der Waals surface area contributed by atoms with Crippen LogP contribution in [0.1, 0.15) is 11.3 Å². The zero-order chi connectivity index (χ0) is 27.3. The average molecular weight is 592 g/mol. The molecule has 3 N–H and O–H groups in total. The third-order valence-electron chi connectivity index (χ3n) is 7.02. The molecule has 0 amide bonds. The standard InChI is InChI=1S/C25H26FN7O5S.ClH/c1-30-6-7-33(39(30,36)37)20-13-19(31-8-10-38-11-9-31)15-32-24(20)29-21(22(34)25(32)35)23-27-14-18(28-23)12-16-2-4-17(26)5-3-16;/h2-5,13-15,34H,6-12H2,1H3,(H,27,28);1H. The topological polar surface area (TPSA) is 138 Å². The predicted molar refractivity (Wildman–Crippen MR) is 141 cm³/mol. The number of hydrogen-bond acceptors (Lipinski definition) is 7. The van der Waals surface area contributed by atoms with Crippen molar-refractivity contribution < 1.29 is 40.0 Å². The molecule has 0 radical (unpaired) electrons. The van der Waals surface area contributed by atoms with Crippen LogP contribution in [0.2, 0.25) is 0 Å². The molecule has 212 valence electrons. The van der Waals surface area contributed by atoms with Crippen LogP contribution in [-0.2, 0) is 21.4 Å². The van der Waals surface area contributed by atoms with Crippen molar-refractivity contribution >= 4 is 27.2 Å². The monoisotopic (exact) mass is 591 g/mol. The second kappa shape index (κ2) is 10.7. The number of hydrogen-bond donors (Lipinski definition) is 2. The zero-order valence-corrected chi connectivity index (χ0v) is 23.0. The lowest BCUT2D eigenvalue weighted by Gasteiger charge is -2.30. The third kappa shape index (κ3) is 4.87. The Morgan fingerprint density at radius 1 is 1.15 bits per heavy atom. The van der Waals surface area contributed by atoms with Crippen LogP contribution in [0.4, 0.5) is 15.8 Å². The normalized spacial score (nSPS) is 17.4. The van der Waals surface area contributed by atoms with Gasteiger partial charge in [0.1, 0.15) is 17.7 Å². The number of ether oxygens (including phenoxy) is 1. The van der Waals surface area contributed by atoms with E-state index < -0.39 is 21.5 Å². The lowest BCUT2D eigenvalue weighted by Crippen LogP contribution is -3.00. The number of aromatic hydroxyl groups is 1. The number of H-pyrrole nitrogens is 2. The molecule has 1 aromatic carbocycles. The second-order valence-corrected chi connectivity index (χ2v) is 11.5. The van der Waals surface area contributed by atoms with Gasteiger partial charge in [0, 0.05) is 45.8 Å². The summed E-state index contributed by atoms with van der Waals surface area (Å²) in [6.45, 7) is 2.60. The number of anilines is 2. The van der Waals surface area contributed by atoms with E-state index in [-0.39, 0.29) is 54.2 Å². The van der Waals surface area contributed by atoms with Gasteiger partial charge < -0.3 is 27.2 Å². The first-order valence-electron chi connectivity index (χ1n) is 12.4. The molecule has 2 saturated heterocycles. The van der Waals surface area contributed by atoms with E-state index in [2.05, 4.69) is 15.0 Å². The predicted octanol–water partition coefficient (Wildman–Crippen LogP) is -2.22. The van der Waals surface area contributed by atoms with Crippen LogP contribution < -0.4 is 32.2 Å². The highest BCUT2D eigenvalue weighted by Gasteiger charge is 2.36. The van der Waals surface area contributed by atoms with Crippen molar-refractivity contribution in [2.24, 2.45) is 0 Å². The molecule has 0 spiro atoms.